The van der Waals surface area contributed by atoms with Gasteiger partial charge in [0, 0.05) is 10.7 Å². The SMILES string of the molecule is CCOC(=O)c1ccc(N2C(=O)C(O)=C(S(=O)(=O)c3ccccc3)[C@@H]2c2ccc(Cl)cc2)cc1. The largest absolute Gasteiger partial charge is 0.502 e. The molecule has 0 spiro atoms. The molecule has 7 nitrogen and oxygen atoms in total. The molecule has 0 unspecified atom stereocenters. The van der Waals surface area contributed by atoms with Gasteiger partial charge in [-0.15, -0.1) is 0 Å². The number of halogens is 1. The number of esters is 1. The second-order valence-electron chi connectivity index (χ2n) is 7.43. The standard InChI is InChI=1S/C25H20ClNO6S/c1-2-33-25(30)17-10-14-19(15-11-17)27-21(16-8-12-18(26)13-9-16)23(22(28)24(27)29)34(31,32)20-6-4-3-5-7-20/h3-15,21,28H,2H2,1H3/t21-/m0/s1. The van der Waals surface area contributed by atoms with Crippen molar-refractivity contribution in [2.75, 3.05) is 11.5 Å². The number of carbonyl (C=O) groups is 2. The first-order valence-corrected chi connectivity index (χ1v) is 12.2. The zero-order chi connectivity index (χ0) is 24.5. The van der Waals surface area contributed by atoms with E-state index in [4.69, 9.17) is 16.3 Å². The van der Waals surface area contributed by atoms with Crippen molar-refractivity contribution in [1.29, 1.82) is 0 Å². The lowest BCUT2D eigenvalue weighted by atomic mass is 10.1. The van der Waals surface area contributed by atoms with Crippen LogP contribution in [0.2, 0.25) is 5.02 Å². The van der Waals surface area contributed by atoms with Gasteiger partial charge in [0.05, 0.1) is 17.1 Å². The maximum Gasteiger partial charge on any atom is 0.338 e. The lowest BCUT2D eigenvalue weighted by Gasteiger charge is -2.27. The van der Waals surface area contributed by atoms with Gasteiger partial charge in [0.2, 0.25) is 9.84 Å². The Morgan fingerprint density at radius 1 is 1.00 bits per heavy atom. The van der Waals surface area contributed by atoms with E-state index in [1.54, 1.807) is 49.4 Å². The molecule has 1 heterocycles. The summed E-state index contributed by atoms with van der Waals surface area (Å²) in [6.45, 7) is 1.90. The van der Waals surface area contributed by atoms with Gasteiger partial charge in [0.15, 0.2) is 5.76 Å². The van der Waals surface area contributed by atoms with Crippen LogP contribution in [0.15, 0.2) is 94.4 Å². The van der Waals surface area contributed by atoms with Crippen LogP contribution in [-0.2, 0) is 19.4 Å². The normalized spacial score (nSPS) is 16.1. The third kappa shape index (κ3) is 4.18. The molecule has 9 heteroatoms. The van der Waals surface area contributed by atoms with Crippen molar-refractivity contribution in [1.82, 2.24) is 0 Å². The summed E-state index contributed by atoms with van der Waals surface area (Å²) < 4.78 is 32.1. The van der Waals surface area contributed by atoms with Crippen molar-refractivity contribution in [3.8, 4) is 0 Å². The number of rotatable bonds is 6. The van der Waals surface area contributed by atoms with E-state index in [2.05, 4.69) is 0 Å². The molecule has 0 bridgehead atoms. The molecule has 0 aliphatic carbocycles. The number of anilines is 1. The van der Waals surface area contributed by atoms with Gasteiger partial charge in [0.25, 0.3) is 5.91 Å². The number of ether oxygens (including phenoxy) is 1. The van der Waals surface area contributed by atoms with Gasteiger partial charge in [0.1, 0.15) is 10.9 Å². The van der Waals surface area contributed by atoms with Gasteiger partial charge in [-0.2, -0.15) is 0 Å². The van der Waals surface area contributed by atoms with Crippen molar-refractivity contribution >= 4 is 39.0 Å². The molecule has 1 atom stereocenters. The van der Waals surface area contributed by atoms with E-state index in [9.17, 15) is 23.1 Å². The van der Waals surface area contributed by atoms with Crippen LogP contribution in [0.5, 0.6) is 0 Å². The van der Waals surface area contributed by atoms with Crippen LogP contribution in [0.1, 0.15) is 28.9 Å². The topological polar surface area (TPSA) is 101 Å². The Kier molecular flexibility index (Phi) is 6.45. The van der Waals surface area contributed by atoms with Crippen LogP contribution in [0.25, 0.3) is 0 Å². The van der Waals surface area contributed by atoms with Crippen LogP contribution < -0.4 is 4.90 Å². The van der Waals surface area contributed by atoms with Crippen molar-refractivity contribution in [3.63, 3.8) is 0 Å². The van der Waals surface area contributed by atoms with Gasteiger partial charge in [-0.25, -0.2) is 13.2 Å². The van der Waals surface area contributed by atoms with E-state index in [0.29, 0.717) is 16.3 Å². The Balaban J connectivity index is 1.85. The Morgan fingerprint density at radius 2 is 1.62 bits per heavy atom. The number of aliphatic hydroxyl groups excluding tert-OH is 1. The highest BCUT2D eigenvalue weighted by atomic mass is 35.5. The number of benzene rings is 3. The monoisotopic (exact) mass is 497 g/mol. The summed E-state index contributed by atoms with van der Waals surface area (Å²) in [5.74, 6) is -2.26. The van der Waals surface area contributed by atoms with Crippen LogP contribution in [0.4, 0.5) is 5.69 Å². The second-order valence-corrected chi connectivity index (χ2v) is 9.78. The van der Waals surface area contributed by atoms with Crippen molar-refractivity contribution in [2.45, 2.75) is 17.9 Å². The molecule has 0 radical (unpaired) electrons. The van der Waals surface area contributed by atoms with Crippen LogP contribution in [0.3, 0.4) is 0 Å². The third-order valence-corrected chi connectivity index (χ3v) is 7.49. The summed E-state index contributed by atoms with van der Waals surface area (Å²) in [6, 6.07) is 18.7. The molecule has 34 heavy (non-hydrogen) atoms. The minimum Gasteiger partial charge on any atom is -0.502 e. The number of hydrogen-bond acceptors (Lipinski definition) is 6. The quantitative estimate of drug-likeness (QED) is 0.489. The Bertz CT molecular complexity index is 1370. The van der Waals surface area contributed by atoms with Gasteiger partial charge in [-0.05, 0) is 61.0 Å². The smallest absolute Gasteiger partial charge is 0.338 e. The van der Waals surface area contributed by atoms with Gasteiger partial charge >= 0.3 is 5.97 Å². The summed E-state index contributed by atoms with van der Waals surface area (Å²) in [4.78, 5) is 25.9. The first kappa shape index (κ1) is 23.5. The third-order valence-electron chi connectivity index (χ3n) is 5.35. The highest BCUT2D eigenvalue weighted by molar-refractivity contribution is 7.95. The maximum atomic E-state index is 13.5. The number of carbonyl (C=O) groups excluding carboxylic acids is 2. The number of nitrogens with zero attached hydrogens (tertiary/aromatic N) is 1. The van der Waals surface area contributed by atoms with E-state index in [0.717, 1.165) is 0 Å². The fraction of sp³-hybridized carbons (Fsp3) is 0.120. The molecule has 1 N–H and O–H groups in total. The highest BCUT2D eigenvalue weighted by Gasteiger charge is 2.47. The summed E-state index contributed by atoms with van der Waals surface area (Å²) in [5.41, 5.74) is 1.00. The second kappa shape index (κ2) is 9.32. The molecule has 0 fully saturated rings. The van der Waals surface area contributed by atoms with E-state index in [-0.39, 0.29) is 17.1 Å². The van der Waals surface area contributed by atoms with E-state index >= 15 is 0 Å². The molecule has 0 saturated heterocycles. The number of hydrogen-bond donors (Lipinski definition) is 1. The molecule has 1 aliphatic heterocycles. The van der Waals surface area contributed by atoms with Crippen molar-refractivity contribution in [2.24, 2.45) is 0 Å². The van der Waals surface area contributed by atoms with Crippen LogP contribution in [-0.4, -0.2) is 32.0 Å². The molecule has 3 aromatic rings. The Morgan fingerprint density at radius 3 is 2.21 bits per heavy atom. The molecule has 1 aliphatic rings. The van der Waals surface area contributed by atoms with E-state index in [1.807, 2.05) is 0 Å². The van der Waals surface area contributed by atoms with Crippen molar-refractivity contribution < 1.29 is 27.9 Å². The number of amides is 1. The molecule has 0 saturated carbocycles. The van der Waals surface area contributed by atoms with Crippen LogP contribution in [0, 0.1) is 0 Å². The molecule has 4 rings (SSSR count). The molecule has 174 valence electrons. The fourth-order valence-electron chi connectivity index (χ4n) is 3.77. The predicted molar refractivity (Wildman–Crippen MR) is 127 cm³/mol. The fourth-order valence-corrected chi connectivity index (χ4v) is 5.54. The maximum absolute atomic E-state index is 13.5. The summed E-state index contributed by atoms with van der Waals surface area (Å²) in [6.07, 6.45) is 0. The van der Waals surface area contributed by atoms with Gasteiger partial charge in [-0.1, -0.05) is 41.9 Å². The Labute approximate surface area is 201 Å². The summed E-state index contributed by atoms with van der Waals surface area (Å²) in [5, 5.41) is 11.2. The van der Waals surface area contributed by atoms with Gasteiger partial charge in [-0.3, -0.25) is 9.69 Å². The van der Waals surface area contributed by atoms with E-state index in [1.165, 1.54) is 41.3 Å². The minimum atomic E-state index is -4.24. The first-order chi connectivity index (χ1) is 16.3. The molecular weight excluding hydrogens is 478 g/mol. The molecular formula is C25H20ClNO6S. The molecule has 1 amide bonds. The Hall–Kier alpha value is -3.62. The molecule has 3 aromatic carbocycles. The first-order valence-electron chi connectivity index (χ1n) is 10.3. The summed E-state index contributed by atoms with van der Waals surface area (Å²) >= 11 is 6.02. The average molecular weight is 498 g/mol. The lowest BCUT2D eigenvalue weighted by molar-refractivity contribution is -0.117. The molecule has 0 aromatic heterocycles. The zero-order valence-corrected chi connectivity index (χ0v) is 19.6. The summed E-state index contributed by atoms with van der Waals surface area (Å²) in [7, 11) is -4.24. The lowest BCUT2D eigenvalue weighted by Crippen LogP contribution is -2.31. The zero-order valence-electron chi connectivity index (χ0n) is 18.0. The van der Waals surface area contributed by atoms with Crippen LogP contribution >= 0.6 is 11.6 Å². The average Bonchev–Trinajstić information content (AvgIpc) is 3.11. The highest BCUT2D eigenvalue weighted by Crippen LogP contribution is 2.45. The predicted octanol–water partition coefficient (Wildman–Crippen LogP) is 4.85. The number of sulfone groups is 1. The number of aliphatic hydroxyl groups is 1. The van der Waals surface area contributed by atoms with E-state index < -0.39 is 38.4 Å². The minimum absolute atomic E-state index is 0.0529. The van der Waals surface area contributed by atoms with Crippen molar-refractivity contribution in [3.05, 3.63) is 106 Å². The van der Waals surface area contributed by atoms with Gasteiger partial charge < -0.3 is 9.84 Å².